The summed E-state index contributed by atoms with van der Waals surface area (Å²) in [6.45, 7) is 45.3. The lowest BCUT2D eigenvalue weighted by Crippen LogP contribution is -2.49. The first-order valence-electron chi connectivity index (χ1n) is 46.1. The smallest absolute Gasteiger partial charge is 0.360 e. The highest BCUT2D eigenvalue weighted by Crippen LogP contribution is 2.37. The van der Waals surface area contributed by atoms with Crippen LogP contribution in [0.15, 0.2) is 256 Å². The van der Waals surface area contributed by atoms with Crippen molar-refractivity contribution in [3.8, 4) is 29.1 Å². The summed E-state index contributed by atoms with van der Waals surface area (Å²) in [5, 5.41) is 24.1. The Balaban J connectivity index is 0.000000266. The van der Waals surface area contributed by atoms with Gasteiger partial charge in [0.2, 0.25) is 5.69 Å². The lowest BCUT2D eigenvalue weighted by molar-refractivity contribution is -0.174. The van der Waals surface area contributed by atoms with Gasteiger partial charge in [-0.25, -0.2) is 14.6 Å². The van der Waals surface area contributed by atoms with Crippen LogP contribution >= 0.6 is 11.6 Å². The molecule has 0 aliphatic carbocycles. The first kappa shape index (κ1) is 120. The fourth-order valence-electron chi connectivity index (χ4n) is 12.9. The molecule has 7 atom stereocenters. The first-order valence-corrected chi connectivity index (χ1v) is 51.4. The largest absolute Gasteiger partial charge is 0.496 e. The maximum Gasteiger partial charge on any atom is 0.360 e. The molecule has 11 aromatic carbocycles. The number of amides is 1. The number of hydrogen-bond donors (Lipinski definition) is 0. The van der Waals surface area contributed by atoms with E-state index in [9.17, 15) is 59.3 Å². The number of carbonyl (C=O) groups is 6. The molecule has 0 heterocycles. The number of carbonyl (C=O) groups excluding carboxylic acids is 6. The number of methoxy groups -OCH3 is 2. The van der Waals surface area contributed by atoms with Crippen LogP contribution in [0.5, 0.6) is 23.0 Å². The average molecular weight is 2080 g/mol. The Morgan fingerprint density at radius 2 is 1.01 bits per heavy atom. The molecule has 145 heavy (non-hydrogen) atoms. The zero-order chi connectivity index (χ0) is 108. The Kier molecular flexibility index (Phi) is 46.2. The molecule has 0 spiro atoms. The van der Waals surface area contributed by atoms with E-state index < -0.39 is 113 Å². The van der Waals surface area contributed by atoms with Crippen LogP contribution in [0.4, 0.5) is 5.69 Å². The molecule has 0 radical (unpaired) electrons. The number of para-hydroxylation sites is 1. The van der Waals surface area contributed by atoms with Gasteiger partial charge in [0, 0.05) is 33.9 Å². The van der Waals surface area contributed by atoms with Crippen LogP contribution in [0.1, 0.15) is 238 Å². The summed E-state index contributed by atoms with van der Waals surface area (Å²) in [6.07, 6.45) is 7.97. The van der Waals surface area contributed by atoms with E-state index in [1.54, 1.807) is 187 Å². The number of fused-ring (bicyclic) bond motifs is 2. The maximum atomic E-state index is 12.9. The molecule has 0 fully saturated rings. The van der Waals surface area contributed by atoms with Gasteiger partial charge in [-0.2, -0.15) is 30.5 Å². The lowest BCUT2D eigenvalue weighted by Gasteiger charge is -2.33. The summed E-state index contributed by atoms with van der Waals surface area (Å²) in [4.78, 5) is 87.0. The molecule has 0 aromatic heterocycles. The second-order valence-electron chi connectivity index (χ2n) is 36.9. The van der Waals surface area contributed by atoms with E-state index in [4.69, 9.17) is 63.0 Å². The molecule has 0 saturated carbocycles. The molecule has 7 unspecified atom stereocenters. The molecule has 11 aromatic rings. The predicted octanol–water partition coefficient (Wildman–Crippen LogP) is 24.3. The van der Waals surface area contributed by atoms with Gasteiger partial charge in [0.05, 0.1) is 80.1 Å². The number of aryl methyl sites for hydroxylation is 4. The summed E-state index contributed by atoms with van der Waals surface area (Å²) in [5.74, 6) is -0.738. The van der Waals surface area contributed by atoms with Crippen LogP contribution in [-0.2, 0) is 93.4 Å². The summed E-state index contributed by atoms with van der Waals surface area (Å²) in [7, 11) is -4.48. The molecule has 0 saturated heterocycles. The van der Waals surface area contributed by atoms with E-state index in [-0.39, 0.29) is 39.3 Å². The number of oxime groups is 3. The predicted molar refractivity (Wildman–Crippen MR) is 569 cm³/mol. The van der Waals surface area contributed by atoms with Crippen molar-refractivity contribution < 1.29 is 103 Å². The van der Waals surface area contributed by atoms with E-state index in [0.29, 0.717) is 57.0 Å². The number of nitrogens with zero attached hydrogens (tertiary/aromatic N) is 6. The van der Waals surface area contributed by atoms with E-state index in [1.165, 1.54) is 58.7 Å². The topological polar surface area (TPSA) is 384 Å². The van der Waals surface area contributed by atoms with Crippen molar-refractivity contribution in [2.75, 3.05) is 27.4 Å². The first-order chi connectivity index (χ1) is 68.2. The number of esters is 2. The van der Waals surface area contributed by atoms with Crippen molar-refractivity contribution in [2.45, 2.75) is 205 Å². The van der Waals surface area contributed by atoms with E-state index in [1.807, 2.05) is 169 Å². The van der Waals surface area contributed by atoms with Gasteiger partial charge in [0.25, 0.3) is 5.91 Å². The quantitative estimate of drug-likeness (QED) is 0.00902. The summed E-state index contributed by atoms with van der Waals surface area (Å²) in [5.41, 5.74) is 4.23. The Hall–Kier alpha value is -13.8. The summed E-state index contributed by atoms with van der Waals surface area (Å²) >= 11 is 1.84. The van der Waals surface area contributed by atoms with E-state index >= 15 is 0 Å². The van der Waals surface area contributed by atoms with Crippen LogP contribution in [0.2, 0.25) is 5.02 Å². The van der Waals surface area contributed by atoms with Crippen LogP contribution in [-0.4, -0.2) is 129 Å². The van der Waals surface area contributed by atoms with Crippen molar-refractivity contribution in [1.29, 1.82) is 5.26 Å². The standard InChI is InChI=1S/C21H19NO2.C20H17N3O2.C20H30O6S.C18H21NO4S.C17H24O6S.C15H16ClNO3S/c1-14-8-10-17(15(2)12-14)21(23)22-13-19-18-7-5-4-6-16(18)9-11-20(19)24-3;1-4-14(2)16-10-17(12-21)19(18(11-16)22-3)20(24)25-23-13-15-8-6-5-7-9-15;1-14-9-11-15(12-10-14)26-27(23)24-13-20(8,16(21)18(2,3)4)17(22)25-19(5,6)7;1-4-14(2)15-9-11-17(12-10-15)24(20,21)23-19-13-16-7-5-6-8-18(16)22-3;1-12-7-9-14(10-8-12)23-24(20)21-11-17(6,13(2)18)15(19)22-16(3,4)5;1-3-11(2)21(18,19)20-17-10-14-13-7-5-4-6-12(13)8-9-15(14)16/h4-13H,1-3H3;5-11,13-14H,4H2,1-2H3;9-12H,13H2,1-8H3;5-14H,4H2,1-3H3;7-10H,11H2,1-6H3;4-11H,3H2,1-2H3/b;23-13-;;19-13-;;17-10-. The van der Waals surface area contributed by atoms with Gasteiger partial charge in [-0.3, -0.25) is 40.9 Å². The Bertz CT molecular complexity index is 6770. The number of aliphatic imine (C=N–C) groups is 1. The fraction of sp³-hybridized carbons (Fsp3) is 0.333. The van der Waals surface area contributed by atoms with Crippen molar-refractivity contribution >= 4 is 142 Å². The van der Waals surface area contributed by atoms with Crippen molar-refractivity contribution in [2.24, 2.45) is 36.7 Å². The molecule has 11 rings (SSSR count). The van der Waals surface area contributed by atoms with Gasteiger partial charge in [-0.05, 0) is 239 Å². The van der Waals surface area contributed by atoms with Gasteiger partial charge >= 0.3 is 60.9 Å². The molecule has 770 valence electrons. The molecule has 34 heteroatoms. The van der Waals surface area contributed by atoms with E-state index in [2.05, 4.69) is 43.4 Å². The second kappa shape index (κ2) is 55.9. The van der Waals surface area contributed by atoms with Crippen LogP contribution < -0.4 is 17.8 Å². The Morgan fingerprint density at radius 1 is 0.517 bits per heavy atom. The highest BCUT2D eigenvalue weighted by molar-refractivity contribution is 7.87. The summed E-state index contributed by atoms with van der Waals surface area (Å²) < 4.78 is 123. The fourth-order valence-corrected chi connectivity index (χ4v) is 15.9. The summed E-state index contributed by atoms with van der Waals surface area (Å²) in [6, 6.07) is 70.9. The van der Waals surface area contributed by atoms with Crippen LogP contribution in [0.3, 0.4) is 0 Å². The molecule has 1 amide bonds. The third kappa shape index (κ3) is 37.4. The number of ketones is 2. The minimum atomic E-state index is -3.94. The normalized spacial score (nSPS) is 13.4. The minimum absolute atomic E-state index is 0.0465. The zero-order valence-corrected chi connectivity index (χ0v) is 90.1. The third-order valence-electron chi connectivity index (χ3n) is 22.0. The SMILES string of the molecule is CC(=O)C(C)(COS(=O)Oc1ccc(C)cc1)C(=O)OC(C)(C)C.CCC(C)S(=O)(=O)O/N=C\c1c(Cl)ccc2ccccc12.CCC(C)c1ccc(S(=O)(=O)O/N=C\c2ccccc2OC)cc1.COc1ccc2ccccc2c1C=NC(=O)c1ccc(C)cc1C.Cc1ccc(OS(=O)OCC(C)(C(=O)OC(C)(C)C)C(=O)C(C)(C)C)cc1.[C-]#[N+]c1cc(C(C)CC)cc(C#N)c1C(=O)O/N=C\c1ccccc1. The molecular weight excluding hydrogens is 1950 g/mol. The van der Waals surface area contributed by atoms with Gasteiger partial charge in [0.15, 0.2) is 5.78 Å². The van der Waals surface area contributed by atoms with Crippen molar-refractivity contribution in [3.63, 3.8) is 0 Å². The molecule has 0 bridgehead atoms. The van der Waals surface area contributed by atoms with Gasteiger partial charge in [-0.15, -0.1) is 0 Å². The van der Waals surface area contributed by atoms with Crippen LogP contribution in [0, 0.1) is 61.8 Å². The van der Waals surface area contributed by atoms with Crippen molar-refractivity contribution in [3.05, 3.63) is 319 Å². The zero-order valence-electron chi connectivity index (χ0n) is 86.1. The lowest BCUT2D eigenvalue weighted by atomic mass is 9.74. The van der Waals surface area contributed by atoms with Gasteiger partial charge in [0.1, 0.15) is 55.7 Å². The minimum Gasteiger partial charge on any atom is -0.496 e. The second-order valence-corrected chi connectivity index (χ2v) is 42.4. The highest BCUT2D eigenvalue weighted by atomic mass is 35.5. The number of hydrogen-bond acceptors (Lipinski definition) is 27. The number of nitriles is 1. The molecule has 0 N–H and O–H groups in total. The number of ether oxygens (including phenoxy) is 4. The van der Waals surface area contributed by atoms with E-state index in [0.717, 1.165) is 78.9 Å². The Labute approximate surface area is 861 Å². The number of rotatable bonds is 34. The van der Waals surface area contributed by atoms with Gasteiger partial charge < -0.3 is 32.2 Å². The van der Waals surface area contributed by atoms with Crippen molar-refractivity contribution in [1.82, 2.24) is 0 Å². The molecule has 0 aliphatic rings. The van der Waals surface area contributed by atoms with Crippen LogP contribution in [0.25, 0.3) is 26.4 Å². The number of halogens is 1. The molecule has 29 nitrogen and oxygen atoms in total. The highest BCUT2D eigenvalue weighted by Gasteiger charge is 2.50. The average Bonchev–Trinajstić information content (AvgIpc) is 0.793. The van der Waals surface area contributed by atoms with Gasteiger partial charge in [-0.1, -0.05) is 262 Å². The third-order valence-corrected chi connectivity index (χ3v) is 26.4. The maximum absolute atomic E-state index is 12.9. The monoisotopic (exact) mass is 2070 g/mol. The number of Topliss-reactive ketones (excluding diaryl/α,β-unsaturated/α-hetero) is 2. The molecule has 0 aliphatic heterocycles. The number of benzene rings is 11. The Morgan fingerprint density at radius 3 is 1.51 bits per heavy atom. The molecular formula is C111H127ClN6O23S4.